The third-order valence-electron chi connectivity index (χ3n) is 7.14. The van der Waals surface area contributed by atoms with Crippen LogP contribution in [-0.4, -0.2) is 43.8 Å². The van der Waals surface area contributed by atoms with Gasteiger partial charge in [-0.3, -0.25) is 9.36 Å². The van der Waals surface area contributed by atoms with E-state index < -0.39 is 5.56 Å². The Hall–Kier alpha value is -4.67. The first-order chi connectivity index (χ1) is 20.6. The van der Waals surface area contributed by atoms with Crippen LogP contribution in [0.25, 0.3) is 17.1 Å². The fraction of sp³-hybridized carbons (Fsp3) is 0.387. The molecule has 6 rings (SSSR count). The van der Waals surface area contributed by atoms with Crippen molar-refractivity contribution in [1.82, 2.24) is 19.7 Å². The van der Waals surface area contributed by atoms with E-state index in [1.807, 2.05) is 36.4 Å². The van der Waals surface area contributed by atoms with Gasteiger partial charge in [0, 0.05) is 19.6 Å². The molecule has 2 aromatic heterocycles. The summed E-state index contributed by atoms with van der Waals surface area (Å²) in [5.41, 5.74) is 0.575. The zero-order valence-electron chi connectivity index (χ0n) is 23.5. The number of aromatic nitrogens is 4. The summed E-state index contributed by atoms with van der Waals surface area (Å²) in [7, 11) is 0. The van der Waals surface area contributed by atoms with E-state index in [1.165, 1.54) is 0 Å². The number of hydrogen-bond acceptors (Lipinski definition) is 10. The van der Waals surface area contributed by atoms with Crippen LogP contribution in [0.4, 0.5) is 0 Å². The van der Waals surface area contributed by atoms with Crippen molar-refractivity contribution in [2.45, 2.75) is 76.9 Å². The Kier molecular flexibility index (Phi) is 7.89. The monoisotopic (exact) mass is 571 g/mol. The minimum absolute atomic E-state index is 0.101. The van der Waals surface area contributed by atoms with Gasteiger partial charge >= 0.3 is 0 Å². The molecule has 11 heteroatoms. The van der Waals surface area contributed by atoms with Gasteiger partial charge in [-0.1, -0.05) is 42.8 Å². The molecule has 0 unspecified atom stereocenters. The second-order valence-electron chi connectivity index (χ2n) is 10.5. The molecule has 1 N–H and O–H groups in total. The SMILES string of the molecule is C=NOc1ccccc1CCc1nnc(-c2c(O)n(-c3c(OC4CC4)cccc3OC3CC3)c(CCCC)nc2=O)o1. The van der Waals surface area contributed by atoms with Crippen LogP contribution < -0.4 is 19.9 Å². The molecule has 2 saturated carbocycles. The van der Waals surface area contributed by atoms with Crippen LogP contribution >= 0.6 is 0 Å². The standard InChI is InChI=1S/C31H33N5O6/c1-3-4-12-25-33-29(37)27(30-35-34-26(41-30)18-13-19-8-5-6-9-22(19)42-32-2)31(38)36(25)28-23(39-20-14-15-20)10-7-11-24(28)40-21-16-17-21/h5-11,20-21,38H,2-4,12-18H2,1H3. The van der Waals surface area contributed by atoms with Crippen molar-refractivity contribution >= 4 is 6.72 Å². The average molecular weight is 572 g/mol. The Labute approximate surface area is 242 Å². The Morgan fingerprint density at radius 3 is 2.33 bits per heavy atom. The van der Waals surface area contributed by atoms with Crippen LogP contribution in [0.2, 0.25) is 0 Å². The molecule has 2 heterocycles. The number of aromatic hydroxyl groups is 1. The second-order valence-corrected chi connectivity index (χ2v) is 10.5. The van der Waals surface area contributed by atoms with Crippen molar-refractivity contribution in [3.8, 4) is 40.3 Å². The lowest BCUT2D eigenvalue weighted by atomic mass is 10.1. The van der Waals surface area contributed by atoms with Gasteiger partial charge in [0.15, 0.2) is 11.3 Å². The number of unbranched alkanes of at least 4 members (excludes halogenated alkanes) is 1. The maximum Gasteiger partial charge on any atom is 0.289 e. The third kappa shape index (κ3) is 6.00. The first-order valence-electron chi connectivity index (χ1n) is 14.4. The van der Waals surface area contributed by atoms with Crippen molar-refractivity contribution in [3.63, 3.8) is 0 Å². The highest BCUT2D eigenvalue weighted by atomic mass is 16.6. The van der Waals surface area contributed by atoms with E-state index in [-0.39, 0.29) is 29.5 Å². The summed E-state index contributed by atoms with van der Waals surface area (Å²) in [6.45, 7) is 5.43. The molecule has 218 valence electrons. The minimum Gasteiger partial charge on any atom is -0.493 e. The normalized spacial score (nSPS) is 14.5. The second kappa shape index (κ2) is 12.1. The fourth-order valence-corrected chi connectivity index (χ4v) is 4.69. The topological polar surface area (TPSA) is 134 Å². The lowest BCUT2D eigenvalue weighted by molar-refractivity contribution is 0.283. The van der Waals surface area contributed by atoms with Crippen LogP contribution in [0, 0.1) is 0 Å². The zero-order valence-corrected chi connectivity index (χ0v) is 23.5. The van der Waals surface area contributed by atoms with Crippen molar-refractivity contribution in [2.24, 2.45) is 5.16 Å². The zero-order chi connectivity index (χ0) is 29.1. The molecule has 0 radical (unpaired) electrons. The van der Waals surface area contributed by atoms with E-state index in [0.717, 1.165) is 44.1 Å². The van der Waals surface area contributed by atoms with Crippen LogP contribution in [0.15, 0.2) is 56.8 Å². The van der Waals surface area contributed by atoms with E-state index in [1.54, 1.807) is 10.6 Å². The molecule has 2 aromatic carbocycles. The lowest BCUT2D eigenvalue weighted by Crippen LogP contribution is -2.21. The predicted molar refractivity (Wildman–Crippen MR) is 155 cm³/mol. The molecule has 0 aliphatic heterocycles. The smallest absolute Gasteiger partial charge is 0.289 e. The van der Waals surface area contributed by atoms with E-state index in [9.17, 15) is 9.90 Å². The van der Waals surface area contributed by atoms with E-state index >= 15 is 0 Å². The van der Waals surface area contributed by atoms with Crippen molar-refractivity contribution in [2.75, 3.05) is 0 Å². The first kappa shape index (κ1) is 27.5. The lowest BCUT2D eigenvalue weighted by Gasteiger charge is -2.22. The maximum atomic E-state index is 13.4. The summed E-state index contributed by atoms with van der Waals surface area (Å²) in [4.78, 5) is 23.0. The van der Waals surface area contributed by atoms with Crippen molar-refractivity contribution < 1.29 is 23.8 Å². The van der Waals surface area contributed by atoms with Gasteiger partial charge in [-0.15, -0.1) is 10.2 Å². The predicted octanol–water partition coefficient (Wildman–Crippen LogP) is 5.19. The summed E-state index contributed by atoms with van der Waals surface area (Å²) in [6.07, 6.45) is 7.06. The third-order valence-corrected chi connectivity index (χ3v) is 7.14. The van der Waals surface area contributed by atoms with Gasteiger partial charge in [0.1, 0.15) is 23.0 Å². The van der Waals surface area contributed by atoms with E-state index in [2.05, 4.69) is 34.0 Å². The summed E-state index contributed by atoms with van der Waals surface area (Å²) in [6, 6.07) is 13.0. The summed E-state index contributed by atoms with van der Waals surface area (Å²) >= 11 is 0. The maximum absolute atomic E-state index is 13.4. The number of nitrogens with zero attached hydrogens (tertiary/aromatic N) is 5. The molecule has 11 nitrogen and oxygen atoms in total. The Morgan fingerprint density at radius 2 is 1.67 bits per heavy atom. The summed E-state index contributed by atoms with van der Waals surface area (Å²) in [5.74, 6) is 1.93. The first-order valence-corrected chi connectivity index (χ1v) is 14.4. The number of hydrogen-bond donors (Lipinski definition) is 1. The van der Waals surface area contributed by atoms with Gasteiger partial charge in [-0.25, -0.2) is 0 Å². The van der Waals surface area contributed by atoms with E-state index in [4.69, 9.17) is 18.7 Å². The highest BCUT2D eigenvalue weighted by Crippen LogP contribution is 2.42. The molecule has 2 aliphatic rings. The van der Waals surface area contributed by atoms with Crippen LogP contribution in [0.3, 0.4) is 0 Å². The number of aryl methyl sites for hydroxylation is 3. The number of para-hydroxylation sites is 2. The molecule has 0 spiro atoms. The average Bonchev–Trinajstić information content (AvgIpc) is 3.92. The van der Waals surface area contributed by atoms with Gasteiger partial charge < -0.3 is 23.8 Å². The minimum atomic E-state index is -0.647. The highest BCUT2D eigenvalue weighted by molar-refractivity contribution is 5.65. The Bertz CT molecular complexity index is 1610. The molecule has 42 heavy (non-hydrogen) atoms. The molecule has 0 atom stereocenters. The summed E-state index contributed by atoms with van der Waals surface area (Å²) in [5, 5.41) is 23.5. The summed E-state index contributed by atoms with van der Waals surface area (Å²) < 4.78 is 20.0. The van der Waals surface area contributed by atoms with Gasteiger partial charge in [-0.2, -0.15) is 4.98 Å². The van der Waals surface area contributed by atoms with Crippen LogP contribution in [0.5, 0.6) is 23.1 Å². The molecule has 2 aliphatic carbocycles. The van der Waals surface area contributed by atoms with Crippen molar-refractivity contribution in [3.05, 3.63) is 70.1 Å². The molecule has 0 bridgehead atoms. The van der Waals surface area contributed by atoms with Gasteiger partial charge in [0.25, 0.3) is 11.4 Å². The number of benzene rings is 2. The van der Waals surface area contributed by atoms with Crippen LogP contribution in [-0.2, 0) is 19.3 Å². The number of oxime groups is 1. The molecular formula is C31H33N5O6. The molecular weight excluding hydrogens is 538 g/mol. The number of rotatable bonds is 14. The highest BCUT2D eigenvalue weighted by Gasteiger charge is 2.32. The van der Waals surface area contributed by atoms with Gasteiger partial charge in [0.2, 0.25) is 11.8 Å². The van der Waals surface area contributed by atoms with Crippen molar-refractivity contribution in [1.29, 1.82) is 0 Å². The van der Waals surface area contributed by atoms with Crippen LogP contribution in [0.1, 0.15) is 62.7 Å². The van der Waals surface area contributed by atoms with E-state index in [0.29, 0.717) is 53.9 Å². The quantitative estimate of drug-likeness (QED) is 0.160. The number of ether oxygens (including phenoxy) is 2. The van der Waals surface area contributed by atoms with Gasteiger partial charge in [-0.05, 0) is 62.3 Å². The van der Waals surface area contributed by atoms with Gasteiger partial charge in [0.05, 0.1) is 12.2 Å². The fourth-order valence-electron chi connectivity index (χ4n) is 4.69. The Morgan fingerprint density at radius 1 is 0.976 bits per heavy atom. The molecule has 0 amide bonds. The molecule has 2 fully saturated rings. The molecule has 4 aromatic rings. The largest absolute Gasteiger partial charge is 0.493 e. The molecule has 0 saturated heterocycles. The Balaban J connectivity index is 1.40.